The van der Waals surface area contributed by atoms with Crippen molar-refractivity contribution < 1.29 is 32.2 Å². The number of nitrogens with one attached hydrogen (secondary N) is 2. The normalized spacial score (nSPS) is 11.2. The molecule has 0 spiro atoms. The van der Waals surface area contributed by atoms with E-state index >= 15 is 0 Å². The second kappa shape index (κ2) is 9.58. The highest BCUT2D eigenvalue weighted by Crippen LogP contribution is 2.30. The highest BCUT2D eigenvalue weighted by atomic mass is 19.4. The Hall–Kier alpha value is -3.56. The first-order valence-corrected chi connectivity index (χ1v) is 8.37. The molecule has 0 aromatic heterocycles. The summed E-state index contributed by atoms with van der Waals surface area (Å²) < 4.78 is 48.6. The minimum atomic E-state index is -4.56. The average Bonchev–Trinajstić information content (AvgIpc) is 2.68. The Kier molecular flexibility index (Phi) is 7.18. The summed E-state index contributed by atoms with van der Waals surface area (Å²) in [5, 5.41) is 5.74. The molecule has 10 heteroatoms. The van der Waals surface area contributed by atoms with Crippen LogP contribution in [0, 0.1) is 0 Å². The van der Waals surface area contributed by atoms with Crippen molar-refractivity contribution in [1.82, 2.24) is 5.43 Å². The Morgan fingerprint density at radius 2 is 1.86 bits per heavy atom. The summed E-state index contributed by atoms with van der Waals surface area (Å²) in [5.74, 6) is -1.30. The lowest BCUT2D eigenvalue weighted by atomic mass is 10.2. The first-order chi connectivity index (χ1) is 13.7. The number of nitrogens with zero attached hydrogens (tertiary/aromatic N) is 1. The van der Waals surface area contributed by atoms with Crippen LogP contribution in [0.3, 0.4) is 0 Å². The molecule has 154 valence electrons. The minimum absolute atomic E-state index is 0.166. The molecule has 0 saturated heterocycles. The van der Waals surface area contributed by atoms with Gasteiger partial charge in [-0.15, -0.1) is 0 Å². The molecule has 0 saturated carbocycles. The predicted octanol–water partition coefficient (Wildman–Crippen LogP) is 3.20. The number of anilines is 1. The molecule has 2 aromatic rings. The van der Waals surface area contributed by atoms with Crippen molar-refractivity contribution in [3.8, 4) is 11.5 Å². The van der Waals surface area contributed by atoms with Gasteiger partial charge in [-0.2, -0.15) is 18.3 Å². The van der Waals surface area contributed by atoms with Gasteiger partial charge < -0.3 is 14.8 Å². The lowest BCUT2D eigenvalue weighted by molar-refractivity contribution is -0.137. The molecular weight excluding hydrogens is 391 g/mol. The Bertz CT molecular complexity index is 914. The first kappa shape index (κ1) is 21.7. The van der Waals surface area contributed by atoms with Crippen molar-refractivity contribution in [3.05, 3.63) is 53.6 Å². The van der Waals surface area contributed by atoms with E-state index in [-0.39, 0.29) is 5.69 Å². The van der Waals surface area contributed by atoms with E-state index in [1.165, 1.54) is 19.4 Å². The molecule has 0 bridgehead atoms. The van der Waals surface area contributed by atoms with Gasteiger partial charge in [0.05, 0.1) is 25.5 Å². The number of hydrogen-bond donors (Lipinski definition) is 2. The Morgan fingerprint density at radius 1 is 1.10 bits per heavy atom. The van der Waals surface area contributed by atoms with Crippen LogP contribution in [0.4, 0.5) is 18.9 Å². The van der Waals surface area contributed by atoms with E-state index < -0.39 is 23.6 Å². The number of rotatable bonds is 6. The number of amides is 2. The van der Waals surface area contributed by atoms with Crippen molar-refractivity contribution in [2.24, 2.45) is 5.10 Å². The molecule has 29 heavy (non-hydrogen) atoms. The first-order valence-electron chi connectivity index (χ1n) is 8.37. The minimum Gasteiger partial charge on any atom is -0.493 e. The second-order valence-electron chi connectivity index (χ2n) is 5.58. The van der Waals surface area contributed by atoms with Crippen LogP contribution >= 0.6 is 0 Å². The summed E-state index contributed by atoms with van der Waals surface area (Å²) in [6.45, 7) is 2.23. The average molecular weight is 409 g/mol. The SMILES string of the molecule is CCOc1cc(/C=N\NC(=O)C(=O)Nc2cccc(C(F)(F)F)c2)ccc1OC. The second-order valence-corrected chi connectivity index (χ2v) is 5.58. The number of carbonyl (C=O) groups excluding carboxylic acids is 2. The summed E-state index contributed by atoms with van der Waals surface area (Å²) in [7, 11) is 1.49. The van der Waals surface area contributed by atoms with Gasteiger partial charge in [-0.3, -0.25) is 9.59 Å². The number of hydrazone groups is 1. The maximum absolute atomic E-state index is 12.7. The number of alkyl halides is 3. The highest BCUT2D eigenvalue weighted by molar-refractivity contribution is 6.39. The van der Waals surface area contributed by atoms with E-state index in [0.717, 1.165) is 18.2 Å². The molecular formula is C19H18F3N3O4. The molecule has 0 aliphatic carbocycles. The largest absolute Gasteiger partial charge is 0.493 e. The molecule has 2 N–H and O–H groups in total. The van der Waals surface area contributed by atoms with Crippen LogP contribution < -0.4 is 20.2 Å². The predicted molar refractivity (Wildman–Crippen MR) is 100.0 cm³/mol. The fourth-order valence-electron chi connectivity index (χ4n) is 2.22. The Balaban J connectivity index is 1.98. The number of methoxy groups -OCH3 is 1. The van der Waals surface area contributed by atoms with Crippen molar-refractivity contribution >= 4 is 23.7 Å². The monoisotopic (exact) mass is 409 g/mol. The number of benzene rings is 2. The number of carbonyl (C=O) groups is 2. The van der Waals surface area contributed by atoms with Crippen LogP contribution in [0.15, 0.2) is 47.6 Å². The summed E-state index contributed by atoms with van der Waals surface area (Å²) >= 11 is 0. The van der Waals surface area contributed by atoms with Gasteiger partial charge in [-0.05, 0) is 48.9 Å². The lowest BCUT2D eigenvalue weighted by Gasteiger charge is -2.09. The third-order valence-electron chi connectivity index (χ3n) is 3.52. The zero-order chi connectivity index (χ0) is 21.4. The van der Waals surface area contributed by atoms with E-state index in [4.69, 9.17) is 9.47 Å². The van der Waals surface area contributed by atoms with Crippen LogP contribution in [-0.4, -0.2) is 31.7 Å². The molecule has 0 radical (unpaired) electrons. The zero-order valence-electron chi connectivity index (χ0n) is 15.5. The van der Waals surface area contributed by atoms with Gasteiger partial charge in [-0.25, -0.2) is 5.43 Å². The summed E-state index contributed by atoms with van der Waals surface area (Å²) in [6.07, 6.45) is -3.29. The van der Waals surface area contributed by atoms with Crippen LogP contribution in [0.1, 0.15) is 18.1 Å². The van der Waals surface area contributed by atoms with Crippen LogP contribution in [-0.2, 0) is 15.8 Å². The van der Waals surface area contributed by atoms with Crippen molar-refractivity contribution in [2.45, 2.75) is 13.1 Å². The number of halogens is 3. The van der Waals surface area contributed by atoms with Crippen molar-refractivity contribution in [2.75, 3.05) is 19.0 Å². The maximum Gasteiger partial charge on any atom is 0.416 e. The molecule has 0 atom stereocenters. The van der Waals surface area contributed by atoms with E-state index in [0.29, 0.717) is 23.7 Å². The van der Waals surface area contributed by atoms with E-state index in [1.54, 1.807) is 18.2 Å². The van der Waals surface area contributed by atoms with Gasteiger partial charge in [-0.1, -0.05) is 6.07 Å². The van der Waals surface area contributed by atoms with Gasteiger partial charge in [0.15, 0.2) is 11.5 Å². The van der Waals surface area contributed by atoms with Crippen molar-refractivity contribution in [3.63, 3.8) is 0 Å². The summed E-state index contributed by atoms with van der Waals surface area (Å²) in [6, 6.07) is 8.85. The van der Waals surface area contributed by atoms with Crippen LogP contribution in [0.25, 0.3) is 0 Å². The number of ether oxygens (including phenoxy) is 2. The highest BCUT2D eigenvalue weighted by Gasteiger charge is 2.30. The van der Waals surface area contributed by atoms with Gasteiger partial charge in [0, 0.05) is 5.69 Å². The molecule has 0 unspecified atom stereocenters. The summed E-state index contributed by atoms with van der Waals surface area (Å²) in [5.41, 5.74) is 1.45. The Morgan fingerprint density at radius 3 is 2.52 bits per heavy atom. The fraction of sp³-hybridized carbons (Fsp3) is 0.211. The van der Waals surface area contributed by atoms with E-state index in [1.807, 2.05) is 12.3 Å². The van der Waals surface area contributed by atoms with E-state index in [2.05, 4.69) is 10.4 Å². The third-order valence-corrected chi connectivity index (χ3v) is 3.52. The van der Waals surface area contributed by atoms with Gasteiger partial charge in [0.25, 0.3) is 0 Å². The van der Waals surface area contributed by atoms with Crippen molar-refractivity contribution in [1.29, 1.82) is 0 Å². The van der Waals surface area contributed by atoms with Crippen LogP contribution in [0.2, 0.25) is 0 Å². The third kappa shape index (κ3) is 6.23. The lowest BCUT2D eigenvalue weighted by Crippen LogP contribution is -2.32. The van der Waals surface area contributed by atoms with Gasteiger partial charge >= 0.3 is 18.0 Å². The molecule has 7 nitrogen and oxygen atoms in total. The molecule has 0 aliphatic rings. The molecule has 0 aliphatic heterocycles. The standard InChI is InChI=1S/C19H18F3N3O4/c1-3-29-16-9-12(7-8-15(16)28-2)11-23-25-18(27)17(26)24-14-6-4-5-13(10-14)19(20,21)22/h4-11H,3H2,1-2H3,(H,24,26)(H,25,27)/b23-11-. The Labute approximate surface area is 164 Å². The van der Waals surface area contributed by atoms with Crippen LogP contribution in [0.5, 0.6) is 11.5 Å². The number of hydrogen-bond acceptors (Lipinski definition) is 5. The quantitative estimate of drug-likeness (QED) is 0.436. The molecule has 2 amide bonds. The topological polar surface area (TPSA) is 89.0 Å². The molecule has 2 aromatic carbocycles. The van der Waals surface area contributed by atoms with Gasteiger partial charge in [0.1, 0.15) is 0 Å². The maximum atomic E-state index is 12.7. The fourth-order valence-corrected chi connectivity index (χ4v) is 2.22. The van der Waals surface area contributed by atoms with Gasteiger partial charge in [0.2, 0.25) is 0 Å². The molecule has 0 fully saturated rings. The molecule has 0 heterocycles. The zero-order valence-corrected chi connectivity index (χ0v) is 15.5. The summed E-state index contributed by atoms with van der Waals surface area (Å²) in [4.78, 5) is 23.6. The smallest absolute Gasteiger partial charge is 0.416 e. The molecule has 2 rings (SSSR count). The van der Waals surface area contributed by atoms with E-state index in [9.17, 15) is 22.8 Å².